The Morgan fingerprint density at radius 1 is 1.35 bits per heavy atom. The highest BCUT2D eigenvalue weighted by atomic mass is 16.7. The number of amides is 1. The van der Waals surface area contributed by atoms with Gasteiger partial charge in [-0.3, -0.25) is 4.79 Å². The van der Waals surface area contributed by atoms with Crippen molar-refractivity contribution in [1.82, 2.24) is 9.88 Å². The van der Waals surface area contributed by atoms with Crippen molar-refractivity contribution in [2.45, 2.75) is 39.1 Å². The summed E-state index contributed by atoms with van der Waals surface area (Å²) in [5, 5.41) is 0. The first-order valence-electron chi connectivity index (χ1n) is 8.28. The first-order valence-corrected chi connectivity index (χ1v) is 8.28. The van der Waals surface area contributed by atoms with Gasteiger partial charge in [0.2, 0.25) is 5.88 Å². The Morgan fingerprint density at radius 2 is 2.13 bits per heavy atom. The molecule has 0 bridgehead atoms. The van der Waals surface area contributed by atoms with Crippen molar-refractivity contribution in [2.75, 3.05) is 26.3 Å². The molecule has 0 aromatic carbocycles. The van der Waals surface area contributed by atoms with Crippen LogP contribution in [0.25, 0.3) is 0 Å². The number of carbonyl (C=O) groups excluding carboxylic acids is 1. The van der Waals surface area contributed by atoms with E-state index in [4.69, 9.17) is 14.2 Å². The van der Waals surface area contributed by atoms with E-state index in [1.807, 2.05) is 18.7 Å². The van der Waals surface area contributed by atoms with Crippen molar-refractivity contribution in [2.24, 2.45) is 5.92 Å². The van der Waals surface area contributed by atoms with Crippen LogP contribution in [-0.2, 0) is 9.47 Å². The Balaban J connectivity index is 1.62. The first-order chi connectivity index (χ1) is 11.1. The summed E-state index contributed by atoms with van der Waals surface area (Å²) in [5.41, 5.74) is 0.593. The van der Waals surface area contributed by atoms with E-state index in [-0.39, 0.29) is 24.2 Å². The molecule has 126 valence electrons. The smallest absolute Gasteiger partial charge is 0.255 e. The fourth-order valence-electron chi connectivity index (χ4n) is 3.07. The van der Waals surface area contributed by atoms with E-state index in [1.54, 1.807) is 18.3 Å². The summed E-state index contributed by atoms with van der Waals surface area (Å²) in [6.07, 6.45) is 3.51. The number of carbonyl (C=O) groups is 1. The van der Waals surface area contributed by atoms with Gasteiger partial charge in [0.15, 0.2) is 6.29 Å². The summed E-state index contributed by atoms with van der Waals surface area (Å²) >= 11 is 0. The van der Waals surface area contributed by atoms with Gasteiger partial charge in [-0.05, 0) is 32.8 Å². The zero-order valence-electron chi connectivity index (χ0n) is 13.7. The fourth-order valence-corrected chi connectivity index (χ4v) is 3.07. The number of likely N-dealkylation sites (tertiary alicyclic amines) is 1. The van der Waals surface area contributed by atoms with Crippen LogP contribution < -0.4 is 4.74 Å². The number of hydrogen-bond acceptors (Lipinski definition) is 5. The molecular weight excluding hydrogens is 296 g/mol. The van der Waals surface area contributed by atoms with E-state index in [1.165, 1.54) is 0 Å². The average molecular weight is 320 g/mol. The van der Waals surface area contributed by atoms with Gasteiger partial charge in [0.25, 0.3) is 5.91 Å². The SMILES string of the molecule is CC(C)Oc1ccc(C(=O)N2CCCC(C3OCCO3)C2)cn1. The van der Waals surface area contributed by atoms with Gasteiger partial charge in [0.1, 0.15) is 0 Å². The molecule has 2 saturated heterocycles. The zero-order chi connectivity index (χ0) is 16.2. The molecule has 6 nitrogen and oxygen atoms in total. The van der Waals surface area contributed by atoms with Crippen LogP contribution in [0, 0.1) is 5.92 Å². The van der Waals surface area contributed by atoms with Gasteiger partial charge in [-0.15, -0.1) is 0 Å². The Morgan fingerprint density at radius 3 is 2.78 bits per heavy atom. The molecule has 0 aliphatic carbocycles. The monoisotopic (exact) mass is 320 g/mol. The zero-order valence-corrected chi connectivity index (χ0v) is 13.7. The maximum Gasteiger partial charge on any atom is 0.255 e. The second-order valence-corrected chi connectivity index (χ2v) is 6.32. The third-order valence-corrected chi connectivity index (χ3v) is 4.12. The van der Waals surface area contributed by atoms with Crippen molar-refractivity contribution >= 4 is 5.91 Å². The molecule has 3 heterocycles. The van der Waals surface area contributed by atoms with Crippen molar-refractivity contribution < 1.29 is 19.0 Å². The van der Waals surface area contributed by atoms with Gasteiger partial charge in [0.05, 0.1) is 24.9 Å². The van der Waals surface area contributed by atoms with Crippen LogP contribution in [0.4, 0.5) is 0 Å². The summed E-state index contributed by atoms with van der Waals surface area (Å²) in [5.74, 6) is 0.809. The third-order valence-electron chi connectivity index (χ3n) is 4.12. The Labute approximate surface area is 136 Å². The van der Waals surface area contributed by atoms with Crippen LogP contribution in [0.1, 0.15) is 37.0 Å². The van der Waals surface area contributed by atoms with Gasteiger partial charge >= 0.3 is 0 Å². The minimum atomic E-state index is -0.162. The van der Waals surface area contributed by atoms with Crippen molar-refractivity contribution in [3.05, 3.63) is 23.9 Å². The summed E-state index contributed by atoms with van der Waals surface area (Å²) in [7, 11) is 0. The lowest BCUT2D eigenvalue weighted by Crippen LogP contribution is -2.43. The molecule has 0 N–H and O–H groups in total. The maximum absolute atomic E-state index is 12.7. The van der Waals surface area contributed by atoms with Crippen LogP contribution in [-0.4, -0.2) is 54.5 Å². The Hall–Kier alpha value is -1.66. The van der Waals surface area contributed by atoms with E-state index in [2.05, 4.69) is 4.98 Å². The second kappa shape index (κ2) is 7.27. The second-order valence-electron chi connectivity index (χ2n) is 6.32. The minimum absolute atomic E-state index is 0.0105. The number of ether oxygens (including phenoxy) is 3. The number of rotatable bonds is 4. The molecule has 23 heavy (non-hydrogen) atoms. The number of hydrogen-bond donors (Lipinski definition) is 0. The first kappa shape index (κ1) is 16.2. The topological polar surface area (TPSA) is 60.9 Å². The molecule has 6 heteroatoms. The highest BCUT2D eigenvalue weighted by molar-refractivity contribution is 5.94. The Kier molecular flexibility index (Phi) is 5.13. The molecule has 1 atom stereocenters. The molecule has 2 aliphatic rings. The van der Waals surface area contributed by atoms with Gasteiger partial charge < -0.3 is 19.1 Å². The maximum atomic E-state index is 12.7. The van der Waals surface area contributed by atoms with Crippen LogP contribution in [0.15, 0.2) is 18.3 Å². The van der Waals surface area contributed by atoms with Crippen LogP contribution >= 0.6 is 0 Å². The molecule has 3 rings (SSSR count). The van der Waals surface area contributed by atoms with Gasteiger partial charge in [0, 0.05) is 31.3 Å². The normalized spacial score (nSPS) is 22.6. The number of pyridine rings is 1. The third kappa shape index (κ3) is 4.00. The summed E-state index contributed by atoms with van der Waals surface area (Å²) in [6, 6.07) is 3.52. The van der Waals surface area contributed by atoms with E-state index in [9.17, 15) is 4.79 Å². The highest BCUT2D eigenvalue weighted by Gasteiger charge is 2.33. The fraction of sp³-hybridized carbons (Fsp3) is 0.647. The molecule has 2 aliphatic heterocycles. The molecule has 1 aromatic heterocycles. The van der Waals surface area contributed by atoms with E-state index < -0.39 is 0 Å². The largest absolute Gasteiger partial charge is 0.475 e. The quantitative estimate of drug-likeness (QED) is 0.850. The predicted molar refractivity (Wildman–Crippen MR) is 84.3 cm³/mol. The summed E-state index contributed by atoms with van der Waals surface area (Å²) < 4.78 is 16.7. The molecule has 0 spiro atoms. The molecule has 1 unspecified atom stereocenters. The number of aromatic nitrogens is 1. The van der Waals surface area contributed by atoms with E-state index in [0.717, 1.165) is 19.4 Å². The number of piperidine rings is 1. The molecule has 1 aromatic rings. The van der Waals surface area contributed by atoms with Gasteiger partial charge in [-0.25, -0.2) is 4.98 Å². The van der Waals surface area contributed by atoms with Gasteiger partial charge in [-0.1, -0.05) is 0 Å². The van der Waals surface area contributed by atoms with Crippen LogP contribution in [0.5, 0.6) is 5.88 Å². The number of nitrogens with zero attached hydrogens (tertiary/aromatic N) is 2. The lowest BCUT2D eigenvalue weighted by atomic mass is 9.97. The standard InChI is InChI=1S/C17H24N2O4/c1-12(2)23-15-6-5-13(10-18-15)16(20)19-7-3-4-14(11-19)17-21-8-9-22-17/h5-6,10,12,14,17H,3-4,7-9,11H2,1-2H3. The Bertz CT molecular complexity index is 526. The van der Waals surface area contributed by atoms with Crippen molar-refractivity contribution in [3.8, 4) is 5.88 Å². The summed E-state index contributed by atoms with van der Waals surface area (Å²) in [6.45, 7) is 6.64. The van der Waals surface area contributed by atoms with Crippen LogP contribution in [0.2, 0.25) is 0 Å². The predicted octanol–water partition coefficient (Wildman–Crippen LogP) is 2.09. The molecule has 0 saturated carbocycles. The van der Waals surface area contributed by atoms with E-state index >= 15 is 0 Å². The lowest BCUT2D eigenvalue weighted by Gasteiger charge is -2.34. The highest BCUT2D eigenvalue weighted by Crippen LogP contribution is 2.26. The summed E-state index contributed by atoms with van der Waals surface area (Å²) in [4.78, 5) is 18.7. The van der Waals surface area contributed by atoms with Crippen molar-refractivity contribution in [3.63, 3.8) is 0 Å². The molecule has 1 amide bonds. The van der Waals surface area contributed by atoms with E-state index in [0.29, 0.717) is 31.2 Å². The molecule has 2 fully saturated rings. The van der Waals surface area contributed by atoms with Gasteiger partial charge in [-0.2, -0.15) is 0 Å². The minimum Gasteiger partial charge on any atom is -0.475 e. The van der Waals surface area contributed by atoms with Crippen molar-refractivity contribution in [1.29, 1.82) is 0 Å². The lowest BCUT2D eigenvalue weighted by molar-refractivity contribution is -0.0969. The average Bonchev–Trinajstić information content (AvgIpc) is 3.09. The molecule has 0 radical (unpaired) electrons. The van der Waals surface area contributed by atoms with Crippen LogP contribution in [0.3, 0.4) is 0 Å². The molecular formula is C17H24N2O4.